The molecule has 0 saturated carbocycles. The summed E-state index contributed by atoms with van der Waals surface area (Å²) in [4.78, 5) is 0. The molecule has 0 N–H and O–H groups in total. The molecule has 0 bridgehead atoms. The molecule has 42 heavy (non-hydrogen) atoms. The first-order valence-corrected chi connectivity index (χ1v) is 16.3. The number of unbranched alkanes of at least 4 members (excludes halogenated alkanes) is 3. The predicted molar refractivity (Wildman–Crippen MR) is 161 cm³/mol. The van der Waals surface area contributed by atoms with Crippen molar-refractivity contribution in [2.24, 2.45) is 23.7 Å². The van der Waals surface area contributed by atoms with Crippen LogP contribution in [0.25, 0.3) is 0 Å². The molecule has 1 aromatic carbocycles. The third-order valence-electron chi connectivity index (χ3n) is 9.23. The molecule has 3 fully saturated rings. The average molecular weight is 593 g/mol. The van der Waals surface area contributed by atoms with Crippen molar-refractivity contribution in [2.75, 3.05) is 20.3 Å². The Morgan fingerprint density at radius 2 is 1.55 bits per heavy atom. The summed E-state index contributed by atoms with van der Waals surface area (Å²) < 4.78 is 50.5. The fourth-order valence-corrected chi connectivity index (χ4v) is 6.30. The molecule has 0 aromatic heterocycles. The second-order valence-corrected chi connectivity index (χ2v) is 13.0. The minimum Gasteiger partial charge on any atom is -0.356 e. The molecule has 3 saturated heterocycles. The third-order valence-corrected chi connectivity index (χ3v) is 9.23. The van der Waals surface area contributed by atoms with Gasteiger partial charge in [0.25, 0.3) is 0 Å². The van der Waals surface area contributed by atoms with Crippen molar-refractivity contribution < 1.29 is 37.9 Å². The van der Waals surface area contributed by atoms with Crippen LogP contribution in [0.3, 0.4) is 0 Å². The van der Waals surface area contributed by atoms with Crippen LogP contribution in [0.5, 0.6) is 0 Å². The van der Waals surface area contributed by atoms with Gasteiger partial charge in [0.15, 0.2) is 25.2 Å². The second kappa shape index (κ2) is 16.3. The zero-order valence-electron chi connectivity index (χ0n) is 27.1. The summed E-state index contributed by atoms with van der Waals surface area (Å²) in [5.41, 5.74) is 0.981. The number of rotatable bonds is 14. The molecule has 0 aliphatic carbocycles. The van der Waals surface area contributed by atoms with Crippen molar-refractivity contribution in [3.63, 3.8) is 0 Å². The van der Waals surface area contributed by atoms with Crippen molar-refractivity contribution in [1.82, 2.24) is 0 Å². The van der Waals surface area contributed by atoms with Crippen LogP contribution < -0.4 is 0 Å². The van der Waals surface area contributed by atoms with E-state index in [1.165, 1.54) is 25.7 Å². The van der Waals surface area contributed by atoms with E-state index in [2.05, 4.69) is 34.6 Å². The lowest BCUT2D eigenvalue weighted by atomic mass is 9.84. The maximum absolute atomic E-state index is 6.89. The van der Waals surface area contributed by atoms with Crippen LogP contribution in [0, 0.1) is 23.7 Å². The molecule has 3 aliphatic heterocycles. The zero-order valence-corrected chi connectivity index (χ0v) is 27.1. The van der Waals surface area contributed by atoms with Crippen molar-refractivity contribution >= 4 is 0 Å². The SMILES string of the molecule is COC(C)OC1C(C)OC(OC2C(C)C(OCCCCCCC(C)C)OC3COC(c4ccccc4)OC32)C(C)C1C. The Kier molecular flexibility index (Phi) is 13.1. The molecule has 3 aliphatic rings. The maximum atomic E-state index is 6.89. The molecule has 1 aromatic rings. The number of ether oxygens (including phenoxy) is 8. The summed E-state index contributed by atoms with van der Waals surface area (Å²) in [6.45, 7) is 16.1. The number of fused-ring (bicyclic) bond motifs is 1. The molecule has 8 nitrogen and oxygen atoms in total. The second-order valence-electron chi connectivity index (χ2n) is 13.0. The number of hydrogen-bond acceptors (Lipinski definition) is 8. The molecule has 4 rings (SSSR count). The summed E-state index contributed by atoms with van der Waals surface area (Å²) in [6, 6.07) is 10.0. The highest BCUT2D eigenvalue weighted by Crippen LogP contribution is 2.41. The molecule has 0 amide bonds. The lowest BCUT2D eigenvalue weighted by Crippen LogP contribution is -2.62. The van der Waals surface area contributed by atoms with Gasteiger partial charge in [-0.2, -0.15) is 0 Å². The Balaban J connectivity index is 1.43. The maximum Gasteiger partial charge on any atom is 0.184 e. The standard InChI is InChI=1S/C34H56O8/c1-21(2)16-12-9-10-15-19-36-32-24(5)30(31-28(40-32)20-37-34(42-31)27-17-13-11-14-18-27)41-33-23(4)22(3)29(25(6)38-33)39-26(7)35-8/h11,13-14,17-18,21-26,28-34H,9-10,12,15-16,19-20H2,1-8H3. The summed E-state index contributed by atoms with van der Waals surface area (Å²) >= 11 is 0. The van der Waals surface area contributed by atoms with Gasteiger partial charge in [-0.15, -0.1) is 0 Å². The van der Waals surface area contributed by atoms with E-state index < -0.39 is 18.9 Å². The van der Waals surface area contributed by atoms with Crippen LogP contribution in [0.15, 0.2) is 30.3 Å². The first kappa shape index (κ1) is 33.8. The summed E-state index contributed by atoms with van der Waals surface area (Å²) in [5, 5.41) is 0. The minimum absolute atomic E-state index is 0.0642. The van der Waals surface area contributed by atoms with E-state index in [1.807, 2.05) is 44.2 Å². The average Bonchev–Trinajstić information content (AvgIpc) is 2.99. The van der Waals surface area contributed by atoms with Crippen molar-refractivity contribution in [3.8, 4) is 0 Å². The summed E-state index contributed by atoms with van der Waals surface area (Å²) in [6.07, 6.45) is 3.23. The monoisotopic (exact) mass is 592 g/mol. The van der Waals surface area contributed by atoms with Crippen LogP contribution in [0.1, 0.15) is 92.4 Å². The lowest BCUT2D eigenvalue weighted by molar-refractivity contribution is -0.380. The van der Waals surface area contributed by atoms with Gasteiger partial charge < -0.3 is 37.9 Å². The Morgan fingerprint density at radius 3 is 2.26 bits per heavy atom. The molecule has 8 heteroatoms. The largest absolute Gasteiger partial charge is 0.356 e. The van der Waals surface area contributed by atoms with E-state index in [1.54, 1.807) is 7.11 Å². The van der Waals surface area contributed by atoms with Crippen LogP contribution in [0.4, 0.5) is 0 Å². The Hall–Kier alpha value is -1.10. The normalized spacial score (nSPS) is 37.9. The zero-order chi connectivity index (χ0) is 30.2. The smallest absolute Gasteiger partial charge is 0.184 e. The number of methoxy groups -OCH3 is 1. The van der Waals surface area contributed by atoms with Crippen LogP contribution in [-0.2, 0) is 37.9 Å². The topological polar surface area (TPSA) is 73.8 Å². The van der Waals surface area contributed by atoms with E-state index in [9.17, 15) is 0 Å². The van der Waals surface area contributed by atoms with Gasteiger partial charge in [0.1, 0.15) is 12.2 Å². The van der Waals surface area contributed by atoms with Gasteiger partial charge in [-0.1, -0.05) is 90.6 Å². The van der Waals surface area contributed by atoms with Crippen LogP contribution in [-0.4, -0.2) is 69.7 Å². The first-order chi connectivity index (χ1) is 20.2. The fraction of sp³-hybridized carbons (Fsp3) is 0.824. The minimum atomic E-state index is -0.478. The molecule has 0 spiro atoms. The molecule has 0 radical (unpaired) electrons. The van der Waals surface area contributed by atoms with Gasteiger partial charge in [0, 0.05) is 31.1 Å². The first-order valence-electron chi connectivity index (χ1n) is 16.3. The highest BCUT2D eigenvalue weighted by molar-refractivity contribution is 5.16. The van der Waals surface area contributed by atoms with Gasteiger partial charge >= 0.3 is 0 Å². The number of benzene rings is 1. The van der Waals surface area contributed by atoms with Crippen molar-refractivity contribution in [1.29, 1.82) is 0 Å². The van der Waals surface area contributed by atoms with E-state index in [0.29, 0.717) is 13.2 Å². The number of hydrogen-bond donors (Lipinski definition) is 0. The fourth-order valence-electron chi connectivity index (χ4n) is 6.30. The van der Waals surface area contributed by atoms with E-state index in [-0.39, 0.29) is 54.6 Å². The van der Waals surface area contributed by atoms with E-state index in [4.69, 9.17) is 37.9 Å². The molecular weight excluding hydrogens is 536 g/mol. The van der Waals surface area contributed by atoms with Gasteiger partial charge in [0.05, 0.1) is 24.9 Å². The molecular formula is C34H56O8. The Labute approximate surface area is 254 Å². The highest BCUT2D eigenvalue weighted by Gasteiger charge is 2.52. The van der Waals surface area contributed by atoms with Gasteiger partial charge in [-0.25, -0.2) is 0 Å². The Morgan fingerprint density at radius 1 is 0.810 bits per heavy atom. The van der Waals surface area contributed by atoms with Gasteiger partial charge in [-0.3, -0.25) is 0 Å². The third kappa shape index (κ3) is 8.75. The van der Waals surface area contributed by atoms with Gasteiger partial charge in [0.2, 0.25) is 0 Å². The molecule has 3 heterocycles. The summed E-state index contributed by atoms with van der Waals surface area (Å²) in [5.74, 6) is 1.00. The Bertz CT molecular complexity index is 899. The quantitative estimate of drug-likeness (QED) is 0.171. The van der Waals surface area contributed by atoms with Crippen molar-refractivity contribution in [3.05, 3.63) is 35.9 Å². The molecule has 12 unspecified atom stereocenters. The van der Waals surface area contributed by atoms with Crippen molar-refractivity contribution in [2.45, 2.75) is 136 Å². The highest BCUT2D eigenvalue weighted by atomic mass is 16.8. The van der Waals surface area contributed by atoms with Crippen LogP contribution >= 0.6 is 0 Å². The van der Waals surface area contributed by atoms with Crippen LogP contribution in [0.2, 0.25) is 0 Å². The molecule has 240 valence electrons. The molecule has 12 atom stereocenters. The predicted octanol–water partition coefficient (Wildman–Crippen LogP) is 6.86. The lowest BCUT2D eigenvalue weighted by Gasteiger charge is -2.51. The summed E-state index contributed by atoms with van der Waals surface area (Å²) in [7, 11) is 1.66. The van der Waals surface area contributed by atoms with Gasteiger partial charge in [-0.05, 0) is 32.1 Å². The van der Waals surface area contributed by atoms with E-state index in [0.717, 1.165) is 17.9 Å². The van der Waals surface area contributed by atoms with E-state index >= 15 is 0 Å².